The average molecular weight is 182 g/mol. The number of nitrogens with two attached hydrogens (primary N) is 1. The first-order valence-electron chi connectivity index (χ1n) is 3.83. The van der Waals surface area contributed by atoms with Gasteiger partial charge in [-0.25, -0.2) is 0 Å². The van der Waals surface area contributed by atoms with E-state index in [1.165, 1.54) is 5.57 Å². The largest absolute Gasteiger partial charge is 0.399 e. The molecular weight excluding hydrogens is 170 g/mol. The van der Waals surface area contributed by atoms with Gasteiger partial charge in [0.15, 0.2) is 0 Å². The van der Waals surface area contributed by atoms with E-state index in [0.717, 1.165) is 5.56 Å². The lowest BCUT2D eigenvalue weighted by Gasteiger charge is -2.02. The van der Waals surface area contributed by atoms with Gasteiger partial charge in [-0.2, -0.15) is 0 Å². The van der Waals surface area contributed by atoms with Gasteiger partial charge < -0.3 is 5.73 Å². The Morgan fingerprint density at radius 2 is 2.08 bits per heavy atom. The van der Waals surface area contributed by atoms with Crippen LogP contribution in [-0.2, 0) is 0 Å². The Morgan fingerprint density at radius 3 is 2.58 bits per heavy atom. The highest BCUT2D eigenvalue weighted by atomic mass is 35.5. The Kier molecular flexibility index (Phi) is 2.77. The van der Waals surface area contributed by atoms with Crippen molar-refractivity contribution in [3.05, 3.63) is 34.9 Å². The van der Waals surface area contributed by atoms with Crippen molar-refractivity contribution in [2.45, 2.75) is 13.8 Å². The van der Waals surface area contributed by atoms with Crippen LogP contribution < -0.4 is 5.73 Å². The molecule has 0 fully saturated rings. The van der Waals surface area contributed by atoms with Crippen LogP contribution in [-0.4, -0.2) is 0 Å². The molecule has 2 N–H and O–H groups in total. The smallest absolute Gasteiger partial charge is 0.0432 e. The van der Waals surface area contributed by atoms with Crippen molar-refractivity contribution in [1.29, 1.82) is 0 Å². The number of nitrogen functional groups attached to an aromatic ring is 1. The zero-order chi connectivity index (χ0) is 9.14. The van der Waals surface area contributed by atoms with E-state index in [9.17, 15) is 0 Å². The number of hydrogen-bond acceptors (Lipinski definition) is 1. The van der Waals surface area contributed by atoms with E-state index in [1.807, 2.05) is 32.1 Å². The molecule has 0 spiro atoms. The lowest BCUT2D eigenvalue weighted by Crippen LogP contribution is -1.87. The fraction of sp³-hybridized carbons (Fsp3) is 0.200. The maximum Gasteiger partial charge on any atom is 0.0432 e. The van der Waals surface area contributed by atoms with Crippen LogP contribution in [0.5, 0.6) is 0 Å². The first kappa shape index (κ1) is 9.14. The van der Waals surface area contributed by atoms with Crippen LogP contribution in [0.15, 0.2) is 24.3 Å². The fourth-order valence-corrected chi connectivity index (χ4v) is 1.25. The second kappa shape index (κ2) is 3.63. The number of hydrogen-bond donors (Lipinski definition) is 1. The van der Waals surface area contributed by atoms with Crippen molar-refractivity contribution < 1.29 is 0 Å². The minimum absolute atomic E-state index is 0.686. The van der Waals surface area contributed by atoms with Gasteiger partial charge in [0.05, 0.1) is 0 Å². The Labute approximate surface area is 77.8 Å². The highest BCUT2D eigenvalue weighted by Gasteiger charge is 1.97. The predicted octanol–water partition coefficient (Wildman–Crippen LogP) is 3.35. The fourth-order valence-electron chi connectivity index (χ4n) is 1.01. The van der Waals surface area contributed by atoms with Crippen LogP contribution in [0, 0.1) is 0 Å². The summed E-state index contributed by atoms with van der Waals surface area (Å²) in [5.41, 5.74) is 8.62. The van der Waals surface area contributed by atoms with Crippen molar-refractivity contribution in [3.8, 4) is 0 Å². The molecule has 2 heteroatoms. The van der Waals surface area contributed by atoms with Gasteiger partial charge in [0.2, 0.25) is 0 Å². The van der Waals surface area contributed by atoms with Crippen molar-refractivity contribution in [2.75, 3.05) is 5.73 Å². The van der Waals surface area contributed by atoms with Crippen LogP contribution >= 0.6 is 11.6 Å². The third-order valence-electron chi connectivity index (χ3n) is 1.81. The minimum atomic E-state index is 0.686. The third kappa shape index (κ3) is 2.02. The summed E-state index contributed by atoms with van der Waals surface area (Å²) in [5.74, 6) is 0. The predicted molar refractivity (Wildman–Crippen MR) is 55.2 cm³/mol. The molecule has 1 rings (SSSR count). The molecule has 0 aliphatic rings. The van der Waals surface area contributed by atoms with Crippen molar-refractivity contribution in [3.63, 3.8) is 0 Å². The molecule has 0 aromatic heterocycles. The van der Waals surface area contributed by atoms with E-state index in [2.05, 4.69) is 0 Å². The SMILES string of the molecule is C/C=C(/C)c1cc(N)cc(Cl)c1. The molecule has 0 amide bonds. The van der Waals surface area contributed by atoms with E-state index >= 15 is 0 Å². The van der Waals surface area contributed by atoms with Crippen molar-refractivity contribution in [2.24, 2.45) is 0 Å². The standard InChI is InChI=1S/C10H12ClN/c1-3-7(2)8-4-9(11)6-10(12)5-8/h3-6H,12H2,1-2H3/b7-3-. The van der Waals surface area contributed by atoms with Gasteiger partial charge in [0.1, 0.15) is 0 Å². The highest BCUT2D eigenvalue weighted by molar-refractivity contribution is 6.31. The average Bonchev–Trinajstić information content (AvgIpc) is 2.01. The molecule has 0 heterocycles. The maximum atomic E-state index is 5.84. The van der Waals surface area contributed by atoms with Crippen LogP contribution in [0.25, 0.3) is 5.57 Å². The van der Waals surface area contributed by atoms with Crippen LogP contribution in [0.1, 0.15) is 19.4 Å². The molecule has 0 aliphatic carbocycles. The van der Waals surface area contributed by atoms with E-state index in [4.69, 9.17) is 17.3 Å². The van der Waals surface area contributed by atoms with Crippen LogP contribution in [0.4, 0.5) is 5.69 Å². The molecule has 0 radical (unpaired) electrons. The zero-order valence-electron chi connectivity index (χ0n) is 7.26. The summed E-state index contributed by atoms with van der Waals surface area (Å²) in [6.07, 6.45) is 2.03. The van der Waals surface area contributed by atoms with E-state index < -0.39 is 0 Å². The quantitative estimate of drug-likeness (QED) is 0.661. The number of anilines is 1. The number of halogens is 1. The second-order valence-corrected chi connectivity index (χ2v) is 3.18. The molecule has 12 heavy (non-hydrogen) atoms. The summed E-state index contributed by atoms with van der Waals surface area (Å²) in [6.45, 7) is 4.03. The number of allylic oxidation sites excluding steroid dienone is 2. The van der Waals surface area contributed by atoms with E-state index in [-0.39, 0.29) is 0 Å². The second-order valence-electron chi connectivity index (χ2n) is 2.74. The zero-order valence-corrected chi connectivity index (χ0v) is 8.02. The highest BCUT2D eigenvalue weighted by Crippen LogP contribution is 2.21. The number of rotatable bonds is 1. The molecule has 1 aromatic carbocycles. The molecule has 0 unspecified atom stereocenters. The molecule has 0 aliphatic heterocycles. The van der Waals surface area contributed by atoms with Gasteiger partial charge in [-0.05, 0) is 43.2 Å². The summed E-state index contributed by atoms with van der Waals surface area (Å²) in [5, 5.41) is 0.686. The minimum Gasteiger partial charge on any atom is -0.399 e. The van der Waals surface area contributed by atoms with Crippen LogP contribution in [0.3, 0.4) is 0 Å². The van der Waals surface area contributed by atoms with Gasteiger partial charge in [-0.3, -0.25) is 0 Å². The molecular formula is C10H12ClN. The topological polar surface area (TPSA) is 26.0 Å². The maximum absolute atomic E-state index is 5.84. The summed E-state index contributed by atoms with van der Waals surface area (Å²) < 4.78 is 0. The van der Waals surface area contributed by atoms with Crippen LogP contribution in [0.2, 0.25) is 5.02 Å². The summed E-state index contributed by atoms with van der Waals surface area (Å²) in [7, 11) is 0. The Hall–Kier alpha value is -0.950. The number of benzene rings is 1. The van der Waals surface area contributed by atoms with Gasteiger partial charge in [-0.15, -0.1) is 0 Å². The van der Waals surface area contributed by atoms with E-state index in [0.29, 0.717) is 10.7 Å². The van der Waals surface area contributed by atoms with Gasteiger partial charge in [-0.1, -0.05) is 17.7 Å². The monoisotopic (exact) mass is 181 g/mol. The Bertz CT molecular complexity index is 295. The summed E-state index contributed by atoms with van der Waals surface area (Å²) >= 11 is 5.84. The summed E-state index contributed by atoms with van der Waals surface area (Å²) in [4.78, 5) is 0. The molecule has 0 saturated carbocycles. The molecule has 0 atom stereocenters. The molecule has 1 aromatic rings. The first-order chi connectivity index (χ1) is 5.63. The van der Waals surface area contributed by atoms with Gasteiger partial charge in [0.25, 0.3) is 0 Å². The Balaban J connectivity index is 3.17. The van der Waals surface area contributed by atoms with Crippen molar-refractivity contribution >= 4 is 22.9 Å². The molecule has 64 valence electrons. The van der Waals surface area contributed by atoms with E-state index in [1.54, 1.807) is 6.07 Å². The molecule has 1 nitrogen and oxygen atoms in total. The third-order valence-corrected chi connectivity index (χ3v) is 2.03. The lowest BCUT2D eigenvalue weighted by molar-refractivity contribution is 1.54. The normalized spacial score (nSPS) is 11.8. The summed E-state index contributed by atoms with van der Waals surface area (Å²) in [6, 6.07) is 5.57. The lowest BCUT2D eigenvalue weighted by atomic mass is 10.1. The first-order valence-corrected chi connectivity index (χ1v) is 4.20. The molecule has 0 saturated heterocycles. The molecule has 0 bridgehead atoms. The Morgan fingerprint density at radius 1 is 1.42 bits per heavy atom. The van der Waals surface area contributed by atoms with Gasteiger partial charge in [0, 0.05) is 10.7 Å². The van der Waals surface area contributed by atoms with Gasteiger partial charge >= 0.3 is 0 Å². The van der Waals surface area contributed by atoms with Crippen molar-refractivity contribution in [1.82, 2.24) is 0 Å².